The molecule has 1 saturated carbocycles. The lowest BCUT2D eigenvalue weighted by Gasteiger charge is -2.53. The molecule has 8 nitrogen and oxygen atoms in total. The van der Waals surface area contributed by atoms with Crippen LogP contribution in [0.25, 0.3) is 0 Å². The van der Waals surface area contributed by atoms with Crippen LogP contribution in [-0.4, -0.2) is 78.3 Å². The van der Waals surface area contributed by atoms with E-state index in [4.69, 9.17) is 11.6 Å². The van der Waals surface area contributed by atoms with E-state index in [-0.39, 0.29) is 36.3 Å². The van der Waals surface area contributed by atoms with Gasteiger partial charge in [-0.05, 0) is 38.0 Å². The molecule has 1 saturated heterocycles. The topological polar surface area (TPSA) is 89.4 Å². The van der Waals surface area contributed by atoms with Gasteiger partial charge in [0.2, 0.25) is 5.92 Å². The molecular weight excluding hydrogens is 505 g/mol. The third-order valence-electron chi connectivity index (χ3n) is 7.04. The molecule has 1 N–H and O–H groups in total. The summed E-state index contributed by atoms with van der Waals surface area (Å²) in [6, 6.07) is 3.04. The van der Waals surface area contributed by atoms with E-state index in [9.17, 15) is 22.5 Å². The summed E-state index contributed by atoms with van der Waals surface area (Å²) in [4.78, 5) is 15.1. The first kappa shape index (κ1) is 26.2. The number of nitrogens with zero attached hydrogens (tertiary/aromatic N) is 5. The van der Waals surface area contributed by atoms with Gasteiger partial charge in [0.15, 0.2) is 0 Å². The smallest absolute Gasteiger partial charge is 0.304 e. The second-order valence-electron chi connectivity index (χ2n) is 9.17. The Bertz CT molecular complexity index is 1060. The van der Waals surface area contributed by atoms with Gasteiger partial charge in [0.25, 0.3) is 5.91 Å². The van der Waals surface area contributed by atoms with Gasteiger partial charge in [0.1, 0.15) is 23.4 Å². The molecule has 2 heterocycles. The Morgan fingerprint density at radius 3 is 2.43 bits per heavy atom. The average molecular weight is 533 g/mol. The number of amides is 1. The maximum atomic E-state index is 14.1. The third kappa shape index (κ3) is 5.61. The first-order valence-electron chi connectivity index (χ1n) is 11.4. The molecular formula is C22H28ClF3N6O2S. The van der Waals surface area contributed by atoms with Crippen LogP contribution >= 0.6 is 11.6 Å². The Kier molecular flexibility index (Phi) is 7.68. The summed E-state index contributed by atoms with van der Waals surface area (Å²) >= 11 is 4.59. The Labute approximate surface area is 210 Å². The lowest BCUT2D eigenvalue weighted by molar-refractivity contribution is -0.0948. The molecule has 0 bridgehead atoms. The fourth-order valence-electron chi connectivity index (χ4n) is 4.99. The Morgan fingerprint density at radius 2 is 1.86 bits per heavy atom. The summed E-state index contributed by atoms with van der Waals surface area (Å²) in [5.41, 5.74) is -0.579. The minimum absolute atomic E-state index is 0.0148. The monoisotopic (exact) mass is 532 g/mol. The van der Waals surface area contributed by atoms with Crippen LogP contribution < -0.4 is 5.32 Å². The van der Waals surface area contributed by atoms with Gasteiger partial charge >= 0.3 is 5.03 Å². The summed E-state index contributed by atoms with van der Waals surface area (Å²) in [6.07, 6.45) is 1.44. The van der Waals surface area contributed by atoms with Gasteiger partial charge in [-0.3, -0.25) is 14.4 Å². The predicted octanol–water partition coefficient (Wildman–Crippen LogP) is 3.01. The van der Waals surface area contributed by atoms with Gasteiger partial charge < -0.3 is 9.87 Å². The highest BCUT2D eigenvalue weighted by Gasteiger charge is 2.51. The highest BCUT2D eigenvalue weighted by molar-refractivity contribution is 7.89. The number of carbonyl (C=O) groups is 1. The number of hydrogen-bond donors (Lipinski definition) is 1. The quantitative estimate of drug-likeness (QED) is 0.575. The van der Waals surface area contributed by atoms with Crippen molar-refractivity contribution in [1.82, 2.24) is 29.5 Å². The third-order valence-corrected chi connectivity index (χ3v) is 8.73. The summed E-state index contributed by atoms with van der Waals surface area (Å²) in [5.74, 6) is -3.79. The number of hydrogen-bond acceptors (Lipinski definition) is 6. The minimum atomic E-state index is -2.75. The number of rotatable bonds is 6. The van der Waals surface area contributed by atoms with Crippen LogP contribution in [0, 0.1) is 5.82 Å². The van der Waals surface area contributed by atoms with E-state index in [0.29, 0.717) is 31.2 Å². The number of nitrogens with one attached hydrogen (secondary N) is 1. The molecule has 2 fully saturated rings. The molecule has 0 radical (unpaired) electrons. The average Bonchev–Trinajstić information content (AvgIpc) is 3.25. The molecule has 2 aliphatic rings. The van der Waals surface area contributed by atoms with Gasteiger partial charge in [-0.2, -0.15) is 0 Å². The van der Waals surface area contributed by atoms with E-state index in [1.165, 1.54) is 10.7 Å². The second kappa shape index (κ2) is 10.3. The maximum absolute atomic E-state index is 14.1. The van der Waals surface area contributed by atoms with Crippen molar-refractivity contribution in [1.29, 1.82) is 0 Å². The van der Waals surface area contributed by atoms with E-state index >= 15 is 0 Å². The summed E-state index contributed by atoms with van der Waals surface area (Å²) in [7, 11) is 1.70. The number of halogens is 4. The predicted molar refractivity (Wildman–Crippen MR) is 125 cm³/mol. The van der Waals surface area contributed by atoms with Gasteiger partial charge in [0, 0.05) is 44.6 Å². The first-order chi connectivity index (χ1) is 16.5. The lowest BCUT2D eigenvalue weighted by Crippen LogP contribution is -2.67. The van der Waals surface area contributed by atoms with E-state index < -0.39 is 40.6 Å². The number of benzene rings is 1. The van der Waals surface area contributed by atoms with Crippen LogP contribution in [0.2, 0.25) is 5.02 Å². The Balaban J connectivity index is 1.49. The second-order valence-corrected chi connectivity index (χ2v) is 11.0. The fourth-order valence-corrected chi connectivity index (χ4v) is 6.35. The standard InChI is InChI=1S/C22H28ClF3N6O2S/c1-15(27-20(33)17-4-3-16(24)13-18(17)23)21(5-7-22(25,26)8-6-21)31-9-11-32(12-10-31)35(34)19-14-30(2)29-28-19/h3-4,13-15H,5-12H2,1-2H3,(H,27,33). The van der Waals surface area contributed by atoms with Crippen molar-refractivity contribution < 1.29 is 22.5 Å². The lowest BCUT2D eigenvalue weighted by atomic mass is 9.73. The van der Waals surface area contributed by atoms with Crippen LogP contribution in [-0.2, 0) is 18.4 Å². The van der Waals surface area contributed by atoms with Crippen LogP contribution in [0.15, 0.2) is 29.4 Å². The molecule has 1 aromatic carbocycles. The largest absolute Gasteiger partial charge is 0.591 e. The summed E-state index contributed by atoms with van der Waals surface area (Å²) in [6.45, 7) is 3.70. The number of aromatic nitrogens is 3. The molecule has 1 aromatic heterocycles. The molecule has 13 heteroatoms. The summed E-state index contributed by atoms with van der Waals surface area (Å²) in [5, 5.41) is 11.0. The molecule has 0 spiro atoms. The van der Waals surface area contributed by atoms with Crippen molar-refractivity contribution in [3.63, 3.8) is 0 Å². The van der Waals surface area contributed by atoms with Crippen molar-refractivity contribution >= 4 is 28.9 Å². The highest BCUT2D eigenvalue weighted by atomic mass is 35.5. The molecule has 2 atom stereocenters. The van der Waals surface area contributed by atoms with Crippen molar-refractivity contribution in [2.24, 2.45) is 7.05 Å². The van der Waals surface area contributed by atoms with Crippen molar-refractivity contribution in [2.45, 2.75) is 55.1 Å². The molecule has 4 rings (SSSR count). The van der Waals surface area contributed by atoms with E-state index in [1.54, 1.807) is 17.5 Å². The number of piperazine rings is 1. The molecule has 2 aromatic rings. The van der Waals surface area contributed by atoms with Gasteiger partial charge in [-0.15, -0.1) is 4.31 Å². The zero-order chi connectivity index (χ0) is 25.4. The molecule has 2 unspecified atom stereocenters. The number of carbonyl (C=O) groups excluding carboxylic acids is 1. The van der Waals surface area contributed by atoms with E-state index in [2.05, 4.69) is 20.5 Å². The van der Waals surface area contributed by atoms with Gasteiger partial charge in [0.05, 0.1) is 23.7 Å². The van der Waals surface area contributed by atoms with Crippen LogP contribution in [0.3, 0.4) is 0 Å². The first-order valence-corrected chi connectivity index (χ1v) is 12.9. The fraction of sp³-hybridized carbons (Fsp3) is 0.591. The Hall–Kier alpha value is -1.86. The van der Waals surface area contributed by atoms with Crippen LogP contribution in [0.1, 0.15) is 43.0 Å². The zero-order valence-corrected chi connectivity index (χ0v) is 21.1. The van der Waals surface area contributed by atoms with Gasteiger partial charge in [-0.1, -0.05) is 21.9 Å². The number of alkyl halides is 2. The van der Waals surface area contributed by atoms with Crippen molar-refractivity contribution in [3.8, 4) is 0 Å². The van der Waals surface area contributed by atoms with Crippen LogP contribution in [0.5, 0.6) is 0 Å². The van der Waals surface area contributed by atoms with E-state index in [0.717, 1.165) is 12.1 Å². The van der Waals surface area contributed by atoms with Gasteiger partial charge in [-0.25, -0.2) is 13.2 Å². The number of aryl methyl sites for hydroxylation is 1. The zero-order valence-electron chi connectivity index (χ0n) is 19.5. The van der Waals surface area contributed by atoms with Crippen LogP contribution in [0.4, 0.5) is 13.2 Å². The normalized spacial score (nSPS) is 22.5. The molecule has 1 aliphatic heterocycles. The molecule has 192 valence electrons. The van der Waals surface area contributed by atoms with Crippen molar-refractivity contribution in [3.05, 3.63) is 40.8 Å². The molecule has 35 heavy (non-hydrogen) atoms. The SMILES string of the molecule is CC(NC(=O)c1ccc(F)cc1Cl)C1(N2CCN([S+]([O-])c3cn(C)nn3)CC2)CCC(F)(F)CC1. The van der Waals surface area contributed by atoms with E-state index in [1.807, 2.05) is 6.92 Å². The molecule has 1 aliphatic carbocycles. The summed E-state index contributed by atoms with van der Waals surface area (Å²) < 4.78 is 57.8. The Morgan fingerprint density at radius 1 is 1.20 bits per heavy atom. The molecule has 1 amide bonds. The maximum Gasteiger partial charge on any atom is 0.304 e. The minimum Gasteiger partial charge on any atom is -0.591 e. The highest BCUT2D eigenvalue weighted by Crippen LogP contribution is 2.44. The van der Waals surface area contributed by atoms with Crippen molar-refractivity contribution in [2.75, 3.05) is 26.2 Å².